The van der Waals surface area contributed by atoms with Crippen LogP contribution in [0.1, 0.15) is 59.5 Å². The van der Waals surface area contributed by atoms with E-state index in [0.29, 0.717) is 65.5 Å². The Labute approximate surface area is 271 Å². The zero-order valence-corrected chi connectivity index (χ0v) is 26.5. The fourth-order valence-electron chi connectivity index (χ4n) is 6.89. The number of pyridine rings is 1. The summed E-state index contributed by atoms with van der Waals surface area (Å²) in [5.74, 6) is 2.21. The van der Waals surface area contributed by atoms with Crippen molar-refractivity contribution < 1.29 is 33.2 Å². The van der Waals surface area contributed by atoms with Crippen molar-refractivity contribution in [3.63, 3.8) is 0 Å². The molecule has 2 aromatic heterocycles. The third-order valence-corrected chi connectivity index (χ3v) is 9.60. The Hall–Kier alpha value is -4.06. The number of hydrogen-bond donors (Lipinski definition) is 0. The van der Waals surface area contributed by atoms with Gasteiger partial charge in [0.1, 0.15) is 35.8 Å². The first-order valence-electron chi connectivity index (χ1n) is 15.8. The number of carbonyl (C=O) groups excluding carboxylic acids is 1. The molecule has 4 aromatic rings. The molecule has 0 spiro atoms. The minimum absolute atomic E-state index is 0.110. The molecule has 0 amide bonds. The highest BCUT2D eigenvalue weighted by molar-refractivity contribution is 6.30. The van der Waals surface area contributed by atoms with Crippen LogP contribution in [0.4, 0.5) is 0 Å². The monoisotopic (exact) mass is 646 g/mol. The highest BCUT2D eigenvalue weighted by Gasteiger charge is 2.42. The van der Waals surface area contributed by atoms with Gasteiger partial charge in [0.25, 0.3) is 5.79 Å². The molecule has 2 fully saturated rings. The third-order valence-electron chi connectivity index (χ3n) is 9.38. The zero-order valence-electron chi connectivity index (χ0n) is 25.8. The van der Waals surface area contributed by atoms with Crippen LogP contribution in [0.5, 0.6) is 23.0 Å². The number of likely N-dealkylation sites (tertiary alicyclic amines) is 1. The van der Waals surface area contributed by atoms with E-state index in [2.05, 4.69) is 20.5 Å². The standard InChI is InChI=1S/C34H35ClN4O7/c1-34(27-7-6-21(35)17-36-27)45-26-5-3-4-23(30(26)46-34)20-8-11-38(12-9-20)19-28-37-25-16-24(33(40)41-2)31-32(44-15-14-43-31)29(25)39(28)18-22-10-13-42-22/h3-7,16-17,20,22H,8-15,18-19H2,1-2H3/t22-,34-/m0/s1. The number of nitrogens with zero attached hydrogens (tertiary/aromatic N) is 4. The number of halogens is 1. The summed E-state index contributed by atoms with van der Waals surface area (Å²) in [4.78, 5) is 24.6. The quantitative estimate of drug-likeness (QED) is 0.241. The molecule has 2 saturated heterocycles. The van der Waals surface area contributed by atoms with Crippen molar-refractivity contribution in [3.05, 3.63) is 70.3 Å². The van der Waals surface area contributed by atoms with Gasteiger partial charge in [0.05, 0.1) is 36.8 Å². The Morgan fingerprint density at radius 2 is 1.85 bits per heavy atom. The van der Waals surface area contributed by atoms with Crippen LogP contribution in [-0.4, -0.2) is 71.5 Å². The molecule has 12 heteroatoms. The maximum absolute atomic E-state index is 12.7. The molecule has 4 aliphatic rings. The molecule has 0 radical (unpaired) electrons. The van der Waals surface area contributed by atoms with E-state index in [1.54, 1.807) is 18.3 Å². The molecule has 8 rings (SSSR count). The van der Waals surface area contributed by atoms with Crippen LogP contribution in [0.15, 0.2) is 42.6 Å². The molecule has 4 aliphatic heterocycles. The molecule has 0 saturated carbocycles. The number of fused-ring (bicyclic) bond motifs is 4. The van der Waals surface area contributed by atoms with Crippen molar-refractivity contribution in [1.29, 1.82) is 0 Å². The van der Waals surface area contributed by atoms with E-state index >= 15 is 0 Å². The second-order valence-electron chi connectivity index (χ2n) is 12.3. The summed E-state index contributed by atoms with van der Waals surface area (Å²) in [6.45, 7) is 6.50. The van der Waals surface area contributed by atoms with Crippen LogP contribution in [0.2, 0.25) is 5.02 Å². The van der Waals surface area contributed by atoms with Crippen LogP contribution in [0.25, 0.3) is 11.0 Å². The van der Waals surface area contributed by atoms with Gasteiger partial charge in [0, 0.05) is 25.3 Å². The first-order valence-corrected chi connectivity index (χ1v) is 16.1. The minimum Gasteiger partial charge on any atom is -0.485 e. The lowest BCUT2D eigenvalue weighted by Crippen LogP contribution is -2.35. The predicted octanol–water partition coefficient (Wildman–Crippen LogP) is 5.46. The van der Waals surface area contributed by atoms with Crippen LogP contribution in [-0.2, 0) is 28.4 Å². The predicted molar refractivity (Wildman–Crippen MR) is 168 cm³/mol. The Bertz CT molecular complexity index is 1800. The number of carbonyl (C=O) groups is 1. The number of para-hydroxylation sites is 1. The fraction of sp³-hybridized carbons (Fsp3) is 0.441. The number of piperidine rings is 1. The van der Waals surface area contributed by atoms with Crippen LogP contribution in [0, 0.1) is 0 Å². The molecule has 0 N–H and O–H groups in total. The van der Waals surface area contributed by atoms with Gasteiger partial charge in [-0.05, 0) is 62.5 Å². The number of aromatic nitrogens is 3. The van der Waals surface area contributed by atoms with E-state index in [-0.39, 0.29) is 6.10 Å². The van der Waals surface area contributed by atoms with Gasteiger partial charge in [-0.15, -0.1) is 0 Å². The molecule has 46 heavy (non-hydrogen) atoms. The van der Waals surface area contributed by atoms with Gasteiger partial charge < -0.3 is 33.0 Å². The van der Waals surface area contributed by atoms with E-state index in [4.69, 9.17) is 45.0 Å². The van der Waals surface area contributed by atoms with Gasteiger partial charge >= 0.3 is 5.97 Å². The van der Waals surface area contributed by atoms with Crippen molar-refractivity contribution in [2.24, 2.45) is 0 Å². The lowest BCUT2D eigenvalue weighted by Gasteiger charge is -2.33. The lowest BCUT2D eigenvalue weighted by molar-refractivity contribution is -0.0722. The number of ether oxygens (including phenoxy) is 6. The molecule has 11 nitrogen and oxygen atoms in total. The molecular weight excluding hydrogens is 612 g/mol. The first kappa shape index (κ1) is 29.3. The van der Waals surface area contributed by atoms with Crippen LogP contribution in [0.3, 0.4) is 0 Å². The number of benzene rings is 2. The van der Waals surface area contributed by atoms with Gasteiger partial charge in [-0.1, -0.05) is 23.7 Å². The molecular formula is C34H35ClN4O7. The largest absolute Gasteiger partial charge is 0.485 e. The van der Waals surface area contributed by atoms with Gasteiger partial charge in [0.2, 0.25) is 0 Å². The maximum atomic E-state index is 12.7. The number of hydrogen-bond acceptors (Lipinski definition) is 10. The fourth-order valence-corrected chi connectivity index (χ4v) is 7.00. The zero-order chi connectivity index (χ0) is 31.4. The normalized spacial score (nSPS) is 22.5. The first-order chi connectivity index (χ1) is 22.4. The topological polar surface area (TPSA) is 106 Å². The van der Waals surface area contributed by atoms with Gasteiger partial charge in [0.15, 0.2) is 23.0 Å². The Morgan fingerprint density at radius 3 is 2.57 bits per heavy atom. The number of imidazole rings is 1. The average Bonchev–Trinajstić information content (AvgIpc) is 3.59. The van der Waals surface area contributed by atoms with E-state index in [1.807, 2.05) is 25.1 Å². The van der Waals surface area contributed by atoms with E-state index in [1.165, 1.54) is 7.11 Å². The van der Waals surface area contributed by atoms with Crippen molar-refractivity contribution in [2.75, 3.05) is 40.0 Å². The minimum atomic E-state index is -1.02. The van der Waals surface area contributed by atoms with Crippen molar-refractivity contribution in [3.8, 4) is 23.0 Å². The highest BCUT2D eigenvalue weighted by atomic mass is 35.5. The maximum Gasteiger partial charge on any atom is 0.341 e. The van der Waals surface area contributed by atoms with E-state index in [9.17, 15) is 4.79 Å². The van der Waals surface area contributed by atoms with E-state index in [0.717, 1.165) is 67.4 Å². The highest BCUT2D eigenvalue weighted by Crippen LogP contribution is 2.49. The summed E-state index contributed by atoms with van der Waals surface area (Å²) in [7, 11) is 1.36. The second-order valence-corrected chi connectivity index (χ2v) is 12.7. The summed E-state index contributed by atoms with van der Waals surface area (Å²) in [5.41, 5.74) is 3.66. The summed E-state index contributed by atoms with van der Waals surface area (Å²) in [6.07, 6.45) is 4.62. The van der Waals surface area contributed by atoms with Crippen molar-refractivity contribution >= 4 is 28.6 Å². The summed E-state index contributed by atoms with van der Waals surface area (Å²) < 4.78 is 37.9. The molecule has 2 aromatic carbocycles. The number of esters is 1. The SMILES string of the molecule is COC(=O)c1cc2nc(CN3CCC(c4cccc5c4O[C@@](C)(c4ccc(Cl)cn4)O5)CC3)n(C[C@@H]3CCO3)c2c2c1OCCO2. The smallest absolute Gasteiger partial charge is 0.341 e. The third kappa shape index (κ3) is 5.10. The Kier molecular flexibility index (Phi) is 7.42. The molecule has 0 aliphatic carbocycles. The lowest BCUT2D eigenvalue weighted by atomic mass is 9.88. The molecule has 240 valence electrons. The summed E-state index contributed by atoms with van der Waals surface area (Å²) in [6, 6.07) is 11.5. The Morgan fingerprint density at radius 1 is 1.04 bits per heavy atom. The molecule has 0 unspecified atom stereocenters. The van der Waals surface area contributed by atoms with Gasteiger partial charge in [-0.3, -0.25) is 9.88 Å². The molecule has 2 atom stereocenters. The number of rotatable bonds is 7. The van der Waals surface area contributed by atoms with Gasteiger partial charge in [-0.25, -0.2) is 9.78 Å². The van der Waals surface area contributed by atoms with Crippen LogP contribution >= 0.6 is 11.6 Å². The molecule has 0 bridgehead atoms. The van der Waals surface area contributed by atoms with E-state index < -0.39 is 11.8 Å². The Balaban J connectivity index is 1.03. The second kappa shape index (κ2) is 11.6. The van der Waals surface area contributed by atoms with Crippen molar-refractivity contribution in [2.45, 2.75) is 57.1 Å². The molecule has 6 heterocycles. The summed E-state index contributed by atoms with van der Waals surface area (Å²) >= 11 is 6.07. The average molecular weight is 647 g/mol. The van der Waals surface area contributed by atoms with Crippen molar-refractivity contribution in [1.82, 2.24) is 19.4 Å². The summed E-state index contributed by atoms with van der Waals surface area (Å²) in [5, 5.41) is 0.565. The van der Waals surface area contributed by atoms with Crippen LogP contribution < -0.4 is 18.9 Å². The van der Waals surface area contributed by atoms with Gasteiger partial charge in [-0.2, -0.15) is 0 Å². The number of methoxy groups -OCH3 is 1.